The lowest BCUT2D eigenvalue weighted by atomic mass is 10.1. The minimum atomic E-state index is -3.68. The molecule has 1 amide bonds. The van der Waals surface area contributed by atoms with E-state index in [2.05, 4.69) is 21.2 Å². The van der Waals surface area contributed by atoms with E-state index in [0.29, 0.717) is 30.0 Å². The SMILES string of the molecule is CC(C)Oc1ccc(Br)cc1C(=O)Nc1ccc(S(=O)(=O)N2CCc3ccccc32)cc1. The average molecular weight is 515 g/mol. The number of ether oxygens (including phenoxy) is 1. The van der Waals surface area contributed by atoms with Crippen LogP contribution in [0.3, 0.4) is 0 Å². The van der Waals surface area contributed by atoms with Crippen molar-refractivity contribution in [2.75, 3.05) is 16.2 Å². The Morgan fingerprint density at radius 2 is 1.78 bits per heavy atom. The Balaban J connectivity index is 1.54. The number of nitrogens with one attached hydrogen (secondary N) is 1. The molecule has 0 fully saturated rings. The van der Waals surface area contributed by atoms with Crippen molar-refractivity contribution in [1.29, 1.82) is 0 Å². The summed E-state index contributed by atoms with van der Waals surface area (Å²) in [5.74, 6) is 0.138. The topological polar surface area (TPSA) is 75.7 Å². The fraction of sp³-hybridized carbons (Fsp3) is 0.208. The van der Waals surface area contributed by atoms with Gasteiger partial charge >= 0.3 is 0 Å². The highest BCUT2D eigenvalue weighted by molar-refractivity contribution is 9.10. The van der Waals surface area contributed by atoms with E-state index >= 15 is 0 Å². The first-order valence-electron chi connectivity index (χ1n) is 10.2. The van der Waals surface area contributed by atoms with Gasteiger partial charge in [-0.05, 0) is 74.4 Å². The Labute approximate surface area is 196 Å². The van der Waals surface area contributed by atoms with Crippen molar-refractivity contribution in [3.05, 3.63) is 82.3 Å². The number of benzene rings is 3. The van der Waals surface area contributed by atoms with E-state index in [0.717, 1.165) is 15.7 Å². The number of amides is 1. The Morgan fingerprint density at radius 1 is 1.06 bits per heavy atom. The molecule has 4 rings (SSSR count). The molecule has 1 aliphatic heterocycles. The fourth-order valence-corrected chi connectivity index (χ4v) is 5.49. The van der Waals surface area contributed by atoms with Crippen molar-refractivity contribution in [3.63, 3.8) is 0 Å². The third kappa shape index (κ3) is 4.52. The number of nitrogens with zero attached hydrogens (tertiary/aromatic N) is 1. The molecule has 0 saturated carbocycles. The Hall–Kier alpha value is -2.84. The highest BCUT2D eigenvalue weighted by Crippen LogP contribution is 2.33. The molecule has 0 radical (unpaired) electrons. The van der Waals surface area contributed by atoms with Crippen molar-refractivity contribution in [2.24, 2.45) is 0 Å². The first-order chi connectivity index (χ1) is 15.3. The van der Waals surface area contributed by atoms with Gasteiger partial charge in [-0.25, -0.2) is 8.42 Å². The monoisotopic (exact) mass is 514 g/mol. The molecule has 1 N–H and O–H groups in total. The molecule has 166 valence electrons. The van der Waals surface area contributed by atoms with Crippen molar-refractivity contribution < 1.29 is 17.9 Å². The molecular weight excluding hydrogens is 492 g/mol. The minimum absolute atomic E-state index is 0.0806. The molecule has 0 saturated heterocycles. The van der Waals surface area contributed by atoms with Crippen LogP contribution in [-0.2, 0) is 16.4 Å². The molecule has 0 aliphatic carbocycles. The standard InChI is InChI=1S/C24H23BrN2O4S/c1-16(2)31-23-12-7-18(25)15-21(23)24(28)26-19-8-10-20(11-9-19)32(29,30)27-14-13-17-5-3-4-6-22(17)27/h3-12,15-16H,13-14H2,1-2H3,(H,26,28). The van der Waals surface area contributed by atoms with Gasteiger partial charge < -0.3 is 10.1 Å². The molecule has 6 nitrogen and oxygen atoms in total. The molecule has 32 heavy (non-hydrogen) atoms. The summed E-state index contributed by atoms with van der Waals surface area (Å²) in [6.07, 6.45) is 0.611. The number of para-hydroxylation sites is 1. The Morgan fingerprint density at radius 3 is 2.50 bits per heavy atom. The van der Waals surface area contributed by atoms with E-state index in [-0.39, 0.29) is 16.9 Å². The molecule has 0 spiro atoms. The largest absolute Gasteiger partial charge is 0.490 e. The summed E-state index contributed by atoms with van der Waals surface area (Å²) in [4.78, 5) is 13.0. The van der Waals surface area contributed by atoms with Gasteiger partial charge in [-0.3, -0.25) is 9.10 Å². The molecule has 0 bridgehead atoms. The summed E-state index contributed by atoms with van der Waals surface area (Å²) in [6.45, 7) is 4.20. The maximum absolute atomic E-state index is 13.2. The number of fused-ring (bicyclic) bond motifs is 1. The molecule has 0 atom stereocenters. The smallest absolute Gasteiger partial charge is 0.264 e. The first kappa shape index (κ1) is 22.4. The maximum Gasteiger partial charge on any atom is 0.264 e. The lowest BCUT2D eigenvalue weighted by molar-refractivity contribution is 0.102. The predicted molar refractivity (Wildman–Crippen MR) is 129 cm³/mol. The molecule has 1 heterocycles. The fourth-order valence-electron chi connectivity index (χ4n) is 3.63. The second-order valence-electron chi connectivity index (χ2n) is 7.74. The lowest BCUT2D eigenvalue weighted by Crippen LogP contribution is -2.29. The zero-order chi connectivity index (χ0) is 22.9. The third-order valence-corrected chi connectivity index (χ3v) is 7.41. The Kier molecular flexibility index (Phi) is 6.26. The van der Waals surface area contributed by atoms with Gasteiger partial charge in [-0.1, -0.05) is 34.1 Å². The van der Waals surface area contributed by atoms with Crippen LogP contribution in [0.15, 0.2) is 76.1 Å². The number of halogens is 1. The zero-order valence-electron chi connectivity index (χ0n) is 17.7. The predicted octanol–water partition coefficient (Wildman–Crippen LogP) is 5.24. The second-order valence-corrected chi connectivity index (χ2v) is 10.5. The molecule has 0 aromatic heterocycles. The van der Waals surface area contributed by atoms with Gasteiger partial charge in [0.1, 0.15) is 5.75 Å². The first-order valence-corrected chi connectivity index (χ1v) is 12.5. The normalized spacial score (nSPS) is 13.2. The van der Waals surface area contributed by atoms with Crippen LogP contribution in [0, 0.1) is 0 Å². The van der Waals surface area contributed by atoms with Gasteiger partial charge in [-0.15, -0.1) is 0 Å². The van der Waals surface area contributed by atoms with Crippen LogP contribution >= 0.6 is 15.9 Å². The van der Waals surface area contributed by atoms with Crippen LogP contribution in [0.4, 0.5) is 11.4 Å². The van der Waals surface area contributed by atoms with Crippen LogP contribution in [0.2, 0.25) is 0 Å². The maximum atomic E-state index is 13.2. The van der Waals surface area contributed by atoms with E-state index < -0.39 is 10.0 Å². The number of anilines is 2. The molecular formula is C24H23BrN2O4S. The van der Waals surface area contributed by atoms with E-state index in [1.807, 2.05) is 44.2 Å². The van der Waals surface area contributed by atoms with Crippen molar-refractivity contribution in [3.8, 4) is 5.75 Å². The summed E-state index contributed by atoms with van der Waals surface area (Å²) in [5, 5.41) is 2.81. The minimum Gasteiger partial charge on any atom is -0.490 e. The zero-order valence-corrected chi connectivity index (χ0v) is 20.1. The van der Waals surface area contributed by atoms with Gasteiger partial charge in [0.05, 0.1) is 22.3 Å². The van der Waals surface area contributed by atoms with Crippen LogP contribution < -0.4 is 14.4 Å². The Bertz CT molecular complexity index is 1260. The quantitative estimate of drug-likeness (QED) is 0.487. The molecule has 0 unspecified atom stereocenters. The number of hydrogen-bond acceptors (Lipinski definition) is 4. The number of rotatable bonds is 6. The third-order valence-electron chi connectivity index (χ3n) is 5.09. The number of sulfonamides is 1. The highest BCUT2D eigenvalue weighted by atomic mass is 79.9. The lowest BCUT2D eigenvalue weighted by Gasteiger charge is -2.19. The summed E-state index contributed by atoms with van der Waals surface area (Å²) >= 11 is 3.38. The molecule has 1 aliphatic rings. The highest BCUT2D eigenvalue weighted by Gasteiger charge is 2.30. The summed E-state index contributed by atoms with van der Waals surface area (Å²) < 4.78 is 34.2. The van der Waals surface area contributed by atoms with Crippen LogP contribution in [0.1, 0.15) is 29.8 Å². The van der Waals surface area contributed by atoms with E-state index in [1.54, 1.807) is 24.3 Å². The van der Waals surface area contributed by atoms with Gasteiger partial charge in [0.15, 0.2) is 0 Å². The van der Waals surface area contributed by atoms with Crippen molar-refractivity contribution in [2.45, 2.75) is 31.3 Å². The van der Waals surface area contributed by atoms with Gasteiger partial charge in [-0.2, -0.15) is 0 Å². The average Bonchev–Trinajstić information content (AvgIpc) is 3.20. The van der Waals surface area contributed by atoms with Crippen LogP contribution in [0.5, 0.6) is 5.75 Å². The van der Waals surface area contributed by atoms with Crippen LogP contribution in [-0.4, -0.2) is 27.0 Å². The van der Waals surface area contributed by atoms with E-state index in [9.17, 15) is 13.2 Å². The van der Waals surface area contributed by atoms with E-state index in [4.69, 9.17) is 4.74 Å². The van der Waals surface area contributed by atoms with Gasteiger partial charge in [0.2, 0.25) is 0 Å². The van der Waals surface area contributed by atoms with Gasteiger partial charge in [0.25, 0.3) is 15.9 Å². The molecule has 3 aromatic rings. The number of carbonyl (C=O) groups is 1. The van der Waals surface area contributed by atoms with Crippen LogP contribution in [0.25, 0.3) is 0 Å². The van der Waals surface area contributed by atoms with Crippen molar-refractivity contribution in [1.82, 2.24) is 0 Å². The summed E-state index contributed by atoms with van der Waals surface area (Å²) in [7, 11) is -3.68. The van der Waals surface area contributed by atoms with E-state index in [1.165, 1.54) is 16.4 Å². The summed E-state index contributed by atoms with van der Waals surface area (Å²) in [6, 6.07) is 19.0. The summed E-state index contributed by atoms with van der Waals surface area (Å²) in [5.41, 5.74) is 2.62. The second kappa shape index (κ2) is 8.96. The molecule has 3 aromatic carbocycles. The van der Waals surface area contributed by atoms with Crippen molar-refractivity contribution >= 4 is 43.2 Å². The molecule has 8 heteroatoms. The van der Waals surface area contributed by atoms with Gasteiger partial charge in [0, 0.05) is 16.7 Å². The number of hydrogen-bond donors (Lipinski definition) is 1. The number of carbonyl (C=O) groups excluding carboxylic acids is 1.